The predicted molar refractivity (Wildman–Crippen MR) is 71.3 cm³/mol. The largest absolute Gasteiger partial charge is 0.348 e. The van der Waals surface area contributed by atoms with Gasteiger partial charge in [-0.3, -0.25) is 9.69 Å². The highest BCUT2D eigenvalue weighted by molar-refractivity contribution is 7.11. The SMILES string of the molecule is Cc1nc([C@@H](C)N(C)CC(=O)N(C)C)c(C)s1. The third kappa shape index (κ3) is 3.51. The van der Waals surface area contributed by atoms with Gasteiger partial charge in [-0.2, -0.15) is 0 Å². The van der Waals surface area contributed by atoms with Gasteiger partial charge in [-0.05, 0) is 27.8 Å². The van der Waals surface area contributed by atoms with Crippen LogP contribution in [0.25, 0.3) is 0 Å². The quantitative estimate of drug-likeness (QED) is 0.823. The van der Waals surface area contributed by atoms with Crippen molar-refractivity contribution in [2.75, 3.05) is 27.7 Å². The van der Waals surface area contributed by atoms with Crippen LogP contribution in [-0.2, 0) is 4.79 Å². The van der Waals surface area contributed by atoms with Crippen LogP contribution in [0.15, 0.2) is 0 Å². The molecule has 0 aromatic carbocycles. The van der Waals surface area contributed by atoms with Gasteiger partial charge in [0, 0.05) is 19.0 Å². The Labute approximate surface area is 107 Å². The van der Waals surface area contributed by atoms with Gasteiger partial charge in [0.2, 0.25) is 5.91 Å². The van der Waals surface area contributed by atoms with E-state index in [-0.39, 0.29) is 11.9 Å². The van der Waals surface area contributed by atoms with Crippen molar-refractivity contribution in [1.29, 1.82) is 0 Å². The third-order valence-corrected chi connectivity index (χ3v) is 3.78. The fraction of sp³-hybridized carbons (Fsp3) is 0.667. The maximum atomic E-state index is 11.6. The number of carbonyl (C=O) groups excluding carboxylic acids is 1. The Bertz CT molecular complexity index is 400. The first-order valence-electron chi connectivity index (χ1n) is 5.67. The number of carbonyl (C=O) groups is 1. The Morgan fingerprint density at radius 1 is 1.35 bits per heavy atom. The topological polar surface area (TPSA) is 36.4 Å². The predicted octanol–water partition coefficient (Wildman–Crippen LogP) is 1.84. The molecule has 1 aromatic rings. The lowest BCUT2D eigenvalue weighted by molar-refractivity contribution is -0.130. The number of likely N-dealkylation sites (N-methyl/N-ethyl adjacent to an activating group) is 2. The van der Waals surface area contributed by atoms with Gasteiger partial charge in [0.25, 0.3) is 0 Å². The maximum absolute atomic E-state index is 11.6. The van der Waals surface area contributed by atoms with Crippen LogP contribution in [-0.4, -0.2) is 48.4 Å². The van der Waals surface area contributed by atoms with Crippen LogP contribution in [0, 0.1) is 13.8 Å². The zero-order valence-electron chi connectivity index (χ0n) is 11.4. The van der Waals surface area contributed by atoms with E-state index in [0.29, 0.717) is 6.54 Å². The van der Waals surface area contributed by atoms with Crippen molar-refractivity contribution in [3.05, 3.63) is 15.6 Å². The summed E-state index contributed by atoms with van der Waals surface area (Å²) in [6.45, 7) is 6.60. The molecule has 0 radical (unpaired) electrons. The van der Waals surface area contributed by atoms with Crippen molar-refractivity contribution >= 4 is 17.2 Å². The highest BCUT2D eigenvalue weighted by Gasteiger charge is 2.19. The first kappa shape index (κ1) is 14.1. The summed E-state index contributed by atoms with van der Waals surface area (Å²) in [6.07, 6.45) is 0. The Balaban J connectivity index is 2.73. The van der Waals surface area contributed by atoms with Gasteiger partial charge in [0.1, 0.15) is 0 Å². The summed E-state index contributed by atoms with van der Waals surface area (Å²) in [7, 11) is 5.51. The molecule has 0 saturated heterocycles. The van der Waals surface area contributed by atoms with Crippen LogP contribution >= 0.6 is 11.3 Å². The average molecular weight is 255 g/mol. The van der Waals surface area contributed by atoms with Crippen molar-refractivity contribution in [1.82, 2.24) is 14.8 Å². The molecule has 0 N–H and O–H groups in total. The molecule has 1 aromatic heterocycles. The van der Waals surface area contributed by atoms with Crippen LogP contribution in [0.1, 0.15) is 28.5 Å². The fourth-order valence-corrected chi connectivity index (χ4v) is 2.54. The van der Waals surface area contributed by atoms with Crippen LogP contribution in [0.2, 0.25) is 0 Å². The second-order valence-electron chi connectivity index (χ2n) is 4.55. The Morgan fingerprint density at radius 3 is 2.35 bits per heavy atom. The van der Waals surface area contributed by atoms with Gasteiger partial charge in [-0.1, -0.05) is 0 Å². The second-order valence-corrected chi connectivity index (χ2v) is 5.96. The minimum atomic E-state index is 0.115. The highest BCUT2D eigenvalue weighted by Crippen LogP contribution is 2.25. The number of aryl methyl sites for hydroxylation is 2. The summed E-state index contributed by atoms with van der Waals surface area (Å²) >= 11 is 1.71. The maximum Gasteiger partial charge on any atom is 0.236 e. The fourth-order valence-electron chi connectivity index (χ4n) is 1.63. The molecule has 96 valence electrons. The van der Waals surface area contributed by atoms with Crippen LogP contribution in [0.5, 0.6) is 0 Å². The minimum absolute atomic E-state index is 0.115. The van der Waals surface area contributed by atoms with Crippen LogP contribution in [0.3, 0.4) is 0 Å². The van der Waals surface area contributed by atoms with E-state index in [0.717, 1.165) is 10.7 Å². The van der Waals surface area contributed by atoms with Gasteiger partial charge >= 0.3 is 0 Å². The molecular formula is C12H21N3OS. The van der Waals surface area contributed by atoms with E-state index in [1.165, 1.54) is 4.88 Å². The molecule has 0 aliphatic rings. The van der Waals surface area contributed by atoms with Crippen molar-refractivity contribution < 1.29 is 4.79 Å². The number of amides is 1. The van der Waals surface area contributed by atoms with Crippen molar-refractivity contribution in [2.45, 2.75) is 26.8 Å². The monoisotopic (exact) mass is 255 g/mol. The van der Waals surface area contributed by atoms with Gasteiger partial charge in [0.15, 0.2) is 0 Å². The summed E-state index contributed by atoms with van der Waals surface area (Å²) in [5.74, 6) is 0.115. The molecule has 1 heterocycles. The normalized spacial score (nSPS) is 12.9. The molecule has 0 unspecified atom stereocenters. The second kappa shape index (κ2) is 5.60. The van der Waals surface area contributed by atoms with Crippen molar-refractivity contribution in [3.63, 3.8) is 0 Å². The lowest BCUT2D eigenvalue weighted by Crippen LogP contribution is -2.35. The molecular weight excluding hydrogens is 234 g/mol. The van der Waals surface area contributed by atoms with Gasteiger partial charge < -0.3 is 4.90 Å². The standard InChI is InChI=1S/C12H21N3OS/c1-8(12-9(2)17-10(3)13-12)15(6)7-11(16)14(4)5/h8H,7H2,1-6H3/t8-/m1/s1. The van der Waals surface area contributed by atoms with E-state index in [4.69, 9.17) is 0 Å². The van der Waals surface area contributed by atoms with Gasteiger partial charge in [-0.25, -0.2) is 4.98 Å². The molecule has 0 aliphatic heterocycles. The Kier molecular flexibility index (Phi) is 4.65. The first-order chi connectivity index (χ1) is 7.82. The number of nitrogens with zero attached hydrogens (tertiary/aromatic N) is 3. The molecule has 0 fully saturated rings. The molecule has 4 nitrogen and oxygen atoms in total. The lowest BCUT2D eigenvalue weighted by Gasteiger charge is -2.24. The molecule has 5 heteroatoms. The zero-order valence-corrected chi connectivity index (χ0v) is 12.3. The number of aromatic nitrogens is 1. The molecule has 0 spiro atoms. The summed E-state index contributed by atoms with van der Waals surface area (Å²) in [6, 6.07) is 0.170. The summed E-state index contributed by atoms with van der Waals surface area (Å²) in [5.41, 5.74) is 1.08. The number of hydrogen-bond acceptors (Lipinski definition) is 4. The minimum Gasteiger partial charge on any atom is -0.348 e. The van der Waals surface area contributed by atoms with Crippen molar-refractivity contribution in [3.8, 4) is 0 Å². The van der Waals surface area contributed by atoms with Crippen LogP contribution < -0.4 is 0 Å². The number of thiazole rings is 1. The summed E-state index contributed by atoms with van der Waals surface area (Å²) in [5, 5.41) is 1.08. The molecule has 1 amide bonds. The summed E-state index contributed by atoms with van der Waals surface area (Å²) < 4.78 is 0. The van der Waals surface area contributed by atoms with Gasteiger partial charge in [-0.15, -0.1) is 11.3 Å². The molecule has 17 heavy (non-hydrogen) atoms. The van der Waals surface area contributed by atoms with E-state index in [9.17, 15) is 4.79 Å². The smallest absolute Gasteiger partial charge is 0.236 e. The Morgan fingerprint density at radius 2 is 1.94 bits per heavy atom. The average Bonchev–Trinajstić information content (AvgIpc) is 2.56. The lowest BCUT2D eigenvalue weighted by atomic mass is 10.2. The van der Waals surface area contributed by atoms with Gasteiger partial charge in [0.05, 0.1) is 23.3 Å². The molecule has 0 aliphatic carbocycles. The van der Waals surface area contributed by atoms with E-state index < -0.39 is 0 Å². The highest BCUT2D eigenvalue weighted by atomic mass is 32.1. The summed E-state index contributed by atoms with van der Waals surface area (Å²) in [4.78, 5) is 21.1. The van der Waals surface area contributed by atoms with E-state index >= 15 is 0 Å². The van der Waals surface area contributed by atoms with E-state index in [2.05, 4.69) is 18.8 Å². The molecule has 1 rings (SSSR count). The zero-order chi connectivity index (χ0) is 13.2. The Hall–Kier alpha value is -0.940. The first-order valence-corrected chi connectivity index (χ1v) is 6.49. The number of rotatable bonds is 4. The van der Waals surface area contributed by atoms with Crippen LogP contribution in [0.4, 0.5) is 0 Å². The van der Waals surface area contributed by atoms with E-state index in [1.807, 2.05) is 18.9 Å². The van der Waals surface area contributed by atoms with E-state index in [1.54, 1.807) is 30.3 Å². The molecule has 1 atom stereocenters. The molecule has 0 saturated carbocycles. The third-order valence-electron chi connectivity index (χ3n) is 2.88. The number of hydrogen-bond donors (Lipinski definition) is 0. The van der Waals surface area contributed by atoms with Crippen molar-refractivity contribution in [2.24, 2.45) is 0 Å². The molecule has 0 bridgehead atoms.